The largest absolute Gasteiger partial charge is 0.360 e. The molecule has 15 heavy (non-hydrogen) atoms. The van der Waals surface area contributed by atoms with Gasteiger partial charge < -0.3 is 20.1 Å². The maximum atomic E-state index is 5.17. The van der Waals surface area contributed by atoms with Crippen molar-refractivity contribution in [2.75, 3.05) is 20.8 Å². The molecule has 0 unspecified atom stereocenters. The normalized spacial score (nSPS) is 17.0. The van der Waals surface area contributed by atoms with E-state index in [1.807, 2.05) is 0 Å². The van der Waals surface area contributed by atoms with Crippen LogP contribution in [-0.2, 0) is 9.47 Å². The summed E-state index contributed by atoms with van der Waals surface area (Å²) in [5.74, 6) is 0. The van der Waals surface area contributed by atoms with Crippen molar-refractivity contribution in [1.82, 2.24) is 10.6 Å². The van der Waals surface area contributed by atoms with Crippen LogP contribution in [-0.4, -0.2) is 38.2 Å². The zero-order chi connectivity index (χ0) is 11.1. The standard InChI is InChI=1S/C10H20N2O2S/c1-13-9(14-2)7-11-10(15)12-8-5-3-4-6-8/h8-9H,3-7H2,1-2H3,(H2,11,12,15). The lowest BCUT2D eigenvalue weighted by atomic mass is 10.3. The zero-order valence-corrected chi connectivity index (χ0v) is 10.2. The van der Waals surface area contributed by atoms with Crippen LogP contribution in [0.3, 0.4) is 0 Å². The number of methoxy groups -OCH3 is 2. The summed E-state index contributed by atoms with van der Waals surface area (Å²) in [6.45, 7) is 0.575. The smallest absolute Gasteiger partial charge is 0.174 e. The highest BCUT2D eigenvalue weighted by atomic mass is 32.1. The molecule has 0 saturated heterocycles. The molecule has 0 aromatic rings. The summed E-state index contributed by atoms with van der Waals surface area (Å²) in [7, 11) is 3.23. The molecule has 1 aliphatic rings. The van der Waals surface area contributed by atoms with E-state index in [0.29, 0.717) is 17.7 Å². The maximum absolute atomic E-state index is 5.17. The van der Waals surface area contributed by atoms with E-state index in [0.717, 1.165) is 0 Å². The van der Waals surface area contributed by atoms with Gasteiger partial charge in [0.05, 0.1) is 6.54 Å². The van der Waals surface area contributed by atoms with Gasteiger partial charge in [-0.2, -0.15) is 0 Å². The number of rotatable bonds is 5. The Balaban J connectivity index is 2.12. The SMILES string of the molecule is COC(CNC(=S)NC1CCCC1)OC. The van der Waals surface area contributed by atoms with Crippen molar-refractivity contribution in [3.8, 4) is 0 Å². The van der Waals surface area contributed by atoms with Gasteiger partial charge in [-0.3, -0.25) is 0 Å². The Labute approximate surface area is 96.7 Å². The zero-order valence-electron chi connectivity index (χ0n) is 9.41. The molecule has 0 heterocycles. The molecule has 0 aromatic heterocycles. The molecule has 1 fully saturated rings. The van der Waals surface area contributed by atoms with Crippen LogP contribution < -0.4 is 10.6 Å². The third-order valence-corrected chi connectivity index (χ3v) is 2.91. The van der Waals surface area contributed by atoms with Crippen molar-refractivity contribution in [2.45, 2.75) is 38.0 Å². The van der Waals surface area contributed by atoms with Crippen LogP contribution in [0.5, 0.6) is 0 Å². The summed E-state index contributed by atoms with van der Waals surface area (Å²) in [6.07, 6.45) is 4.81. The molecule has 0 bridgehead atoms. The molecule has 0 aliphatic heterocycles. The number of hydrogen-bond acceptors (Lipinski definition) is 3. The van der Waals surface area contributed by atoms with Gasteiger partial charge in [0.25, 0.3) is 0 Å². The van der Waals surface area contributed by atoms with Crippen molar-refractivity contribution in [3.05, 3.63) is 0 Å². The molecule has 0 spiro atoms. The first-order valence-corrected chi connectivity index (χ1v) is 5.77. The summed E-state index contributed by atoms with van der Waals surface area (Å²) < 4.78 is 10.1. The van der Waals surface area contributed by atoms with Gasteiger partial charge in [0, 0.05) is 20.3 Å². The fraction of sp³-hybridized carbons (Fsp3) is 0.900. The minimum Gasteiger partial charge on any atom is -0.360 e. The van der Waals surface area contributed by atoms with E-state index in [9.17, 15) is 0 Å². The average Bonchev–Trinajstić information content (AvgIpc) is 2.72. The topological polar surface area (TPSA) is 42.5 Å². The monoisotopic (exact) mass is 232 g/mol. The van der Waals surface area contributed by atoms with E-state index in [4.69, 9.17) is 21.7 Å². The van der Waals surface area contributed by atoms with Crippen LogP contribution in [0.1, 0.15) is 25.7 Å². The third kappa shape index (κ3) is 4.77. The van der Waals surface area contributed by atoms with E-state index < -0.39 is 0 Å². The van der Waals surface area contributed by atoms with Gasteiger partial charge in [-0.15, -0.1) is 0 Å². The minimum atomic E-state index is -0.242. The van der Waals surface area contributed by atoms with Crippen LogP contribution in [0.2, 0.25) is 0 Å². The number of thiocarbonyl (C=S) groups is 1. The van der Waals surface area contributed by atoms with Crippen LogP contribution in [0.15, 0.2) is 0 Å². The fourth-order valence-corrected chi connectivity index (χ4v) is 2.00. The molecule has 0 atom stereocenters. The van der Waals surface area contributed by atoms with Gasteiger partial charge in [-0.25, -0.2) is 0 Å². The maximum Gasteiger partial charge on any atom is 0.174 e. The molecule has 1 saturated carbocycles. The first kappa shape index (κ1) is 12.7. The lowest BCUT2D eigenvalue weighted by molar-refractivity contribution is -0.0965. The highest BCUT2D eigenvalue weighted by Crippen LogP contribution is 2.17. The Hall–Kier alpha value is -0.390. The van der Waals surface area contributed by atoms with Gasteiger partial charge >= 0.3 is 0 Å². The molecular weight excluding hydrogens is 212 g/mol. The molecule has 0 radical (unpaired) electrons. The molecule has 4 nitrogen and oxygen atoms in total. The van der Waals surface area contributed by atoms with Gasteiger partial charge in [-0.1, -0.05) is 12.8 Å². The summed E-state index contributed by atoms with van der Waals surface area (Å²) in [5, 5.41) is 7.07. The highest BCUT2D eigenvalue weighted by Gasteiger charge is 2.15. The molecule has 0 aromatic carbocycles. The number of ether oxygens (including phenoxy) is 2. The molecule has 1 rings (SSSR count). The van der Waals surface area contributed by atoms with Crippen molar-refractivity contribution in [1.29, 1.82) is 0 Å². The van der Waals surface area contributed by atoms with Crippen LogP contribution in [0.25, 0.3) is 0 Å². The average molecular weight is 232 g/mol. The quantitative estimate of drug-likeness (QED) is 0.547. The van der Waals surface area contributed by atoms with Gasteiger partial charge in [0.1, 0.15) is 0 Å². The predicted molar refractivity (Wildman–Crippen MR) is 63.8 cm³/mol. The summed E-state index contributed by atoms with van der Waals surface area (Å²) in [5.41, 5.74) is 0. The number of hydrogen-bond donors (Lipinski definition) is 2. The lowest BCUT2D eigenvalue weighted by Crippen LogP contribution is -2.44. The number of nitrogens with one attached hydrogen (secondary N) is 2. The first-order chi connectivity index (χ1) is 7.26. The van der Waals surface area contributed by atoms with E-state index in [-0.39, 0.29) is 6.29 Å². The lowest BCUT2D eigenvalue weighted by Gasteiger charge is -2.18. The highest BCUT2D eigenvalue weighted by molar-refractivity contribution is 7.80. The van der Waals surface area contributed by atoms with Gasteiger partial charge in [0.15, 0.2) is 11.4 Å². The van der Waals surface area contributed by atoms with E-state index in [1.165, 1.54) is 25.7 Å². The van der Waals surface area contributed by atoms with Crippen LogP contribution >= 0.6 is 12.2 Å². The van der Waals surface area contributed by atoms with Crippen molar-refractivity contribution >= 4 is 17.3 Å². The molecule has 88 valence electrons. The van der Waals surface area contributed by atoms with E-state index in [2.05, 4.69) is 10.6 Å². The molecule has 0 amide bonds. The summed E-state index contributed by atoms with van der Waals surface area (Å²) in [6, 6.07) is 0.550. The predicted octanol–water partition coefficient (Wildman–Crippen LogP) is 1.01. The van der Waals surface area contributed by atoms with Gasteiger partial charge in [0.2, 0.25) is 0 Å². The Morgan fingerprint density at radius 3 is 2.47 bits per heavy atom. The Bertz CT molecular complexity index is 192. The second-order valence-electron chi connectivity index (χ2n) is 3.74. The van der Waals surface area contributed by atoms with Crippen molar-refractivity contribution in [2.24, 2.45) is 0 Å². The summed E-state index contributed by atoms with van der Waals surface area (Å²) in [4.78, 5) is 0. The minimum absolute atomic E-state index is 0.242. The fourth-order valence-electron chi connectivity index (χ4n) is 1.75. The van der Waals surface area contributed by atoms with Crippen molar-refractivity contribution < 1.29 is 9.47 Å². The third-order valence-electron chi connectivity index (χ3n) is 2.65. The Kier molecular flexibility index (Phi) is 5.90. The molecular formula is C10H20N2O2S. The second-order valence-corrected chi connectivity index (χ2v) is 4.14. The van der Waals surface area contributed by atoms with E-state index >= 15 is 0 Å². The summed E-state index contributed by atoms with van der Waals surface area (Å²) >= 11 is 5.17. The first-order valence-electron chi connectivity index (χ1n) is 5.36. The molecule has 5 heteroatoms. The Morgan fingerprint density at radius 2 is 1.93 bits per heavy atom. The van der Waals surface area contributed by atoms with Crippen LogP contribution in [0, 0.1) is 0 Å². The second kappa shape index (κ2) is 6.98. The molecule has 1 aliphatic carbocycles. The van der Waals surface area contributed by atoms with E-state index in [1.54, 1.807) is 14.2 Å². The molecule has 2 N–H and O–H groups in total. The Morgan fingerprint density at radius 1 is 1.33 bits per heavy atom. The van der Waals surface area contributed by atoms with Gasteiger partial charge in [-0.05, 0) is 25.1 Å². The van der Waals surface area contributed by atoms with Crippen molar-refractivity contribution in [3.63, 3.8) is 0 Å². The van der Waals surface area contributed by atoms with Crippen LogP contribution in [0.4, 0.5) is 0 Å².